The molecule has 0 radical (unpaired) electrons. The molecule has 2 rings (SSSR count). The number of guanidine groups is 1. The molecule has 2 aromatic rings. The molecular formula is C15H22N6S. The summed E-state index contributed by atoms with van der Waals surface area (Å²) in [7, 11) is 5.74. The standard InChI is InChI=1S/C15H22N6S/c1-11-8-18-13(22-11)10-20-15(16-2)19-9-12-6-5-7-17-14(12)21(3)4/h5-8H,9-10H2,1-4H3,(H2,16,19,20). The van der Waals surface area contributed by atoms with Gasteiger partial charge in [0.2, 0.25) is 0 Å². The first kappa shape index (κ1) is 16.2. The lowest BCUT2D eigenvalue weighted by atomic mass is 10.2. The normalized spacial score (nSPS) is 11.4. The van der Waals surface area contributed by atoms with Crippen molar-refractivity contribution >= 4 is 23.1 Å². The van der Waals surface area contributed by atoms with Crippen molar-refractivity contribution in [3.63, 3.8) is 0 Å². The number of aliphatic imine (C=N–C) groups is 1. The highest BCUT2D eigenvalue weighted by Crippen LogP contribution is 2.14. The molecule has 0 bridgehead atoms. The van der Waals surface area contributed by atoms with Crippen LogP contribution >= 0.6 is 11.3 Å². The third kappa shape index (κ3) is 4.42. The van der Waals surface area contributed by atoms with Gasteiger partial charge in [0.1, 0.15) is 10.8 Å². The van der Waals surface area contributed by atoms with Gasteiger partial charge in [0, 0.05) is 50.5 Å². The van der Waals surface area contributed by atoms with Gasteiger partial charge in [-0.25, -0.2) is 9.97 Å². The molecule has 7 heteroatoms. The molecule has 2 aromatic heterocycles. The summed E-state index contributed by atoms with van der Waals surface area (Å²) in [5.41, 5.74) is 1.13. The highest BCUT2D eigenvalue weighted by Gasteiger charge is 2.06. The molecular weight excluding hydrogens is 296 g/mol. The summed E-state index contributed by atoms with van der Waals surface area (Å²) in [6.07, 6.45) is 3.69. The summed E-state index contributed by atoms with van der Waals surface area (Å²) >= 11 is 1.69. The highest BCUT2D eigenvalue weighted by molar-refractivity contribution is 7.11. The van der Waals surface area contributed by atoms with Gasteiger partial charge in [0.05, 0.1) is 6.54 Å². The molecule has 0 aromatic carbocycles. The largest absolute Gasteiger partial charge is 0.362 e. The van der Waals surface area contributed by atoms with Gasteiger partial charge in [-0.05, 0) is 13.0 Å². The van der Waals surface area contributed by atoms with E-state index in [1.807, 2.05) is 31.3 Å². The van der Waals surface area contributed by atoms with Crippen LogP contribution in [0.1, 0.15) is 15.4 Å². The van der Waals surface area contributed by atoms with Crippen LogP contribution in [0.25, 0.3) is 0 Å². The fourth-order valence-electron chi connectivity index (χ4n) is 2.01. The molecule has 0 saturated heterocycles. The molecule has 2 heterocycles. The van der Waals surface area contributed by atoms with E-state index in [0.29, 0.717) is 13.1 Å². The van der Waals surface area contributed by atoms with Gasteiger partial charge < -0.3 is 15.5 Å². The van der Waals surface area contributed by atoms with Gasteiger partial charge in [-0.3, -0.25) is 4.99 Å². The second kappa shape index (κ2) is 7.74. The molecule has 0 saturated carbocycles. The number of hydrogen-bond donors (Lipinski definition) is 2. The number of aromatic nitrogens is 2. The minimum absolute atomic E-state index is 0.665. The maximum absolute atomic E-state index is 4.40. The Morgan fingerprint density at radius 3 is 2.68 bits per heavy atom. The van der Waals surface area contributed by atoms with Gasteiger partial charge in [0.15, 0.2) is 5.96 Å². The van der Waals surface area contributed by atoms with Gasteiger partial charge >= 0.3 is 0 Å². The average Bonchev–Trinajstić information content (AvgIpc) is 2.93. The van der Waals surface area contributed by atoms with Crippen LogP contribution in [0.15, 0.2) is 29.5 Å². The first-order chi connectivity index (χ1) is 10.6. The van der Waals surface area contributed by atoms with Crippen LogP contribution in [0.5, 0.6) is 0 Å². The monoisotopic (exact) mass is 318 g/mol. The summed E-state index contributed by atoms with van der Waals surface area (Å²) < 4.78 is 0. The molecule has 6 nitrogen and oxygen atoms in total. The van der Waals surface area contributed by atoms with Crippen molar-refractivity contribution < 1.29 is 0 Å². The number of hydrogen-bond acceptors (Lipinski definition) is 5. The van der Waals surface area contributed by atoms with Crippen LogP contribution in [-0.4, -0.2) is 37.1 Å². The molecule has 0 unspecified atom stereocenters. The molecule has 0 aliphatic carbocycles. The van der Waals surface area contributed by atoms with E-state index in [1.54, 1.807) is 24.6 Å². The highest BCUT2D eigenvalue weighted by atomic mass is 32.1. The Morgan fingerprint density at radius 2 is 2.05 bits per heavy atom. The van der Waals surface area contributed by atoms with Crippen LogP contribution in [0.4, 0.5) is 5.82 Å². The number of pyridine rings is 1. The minimum atomic E-state index is 0.665. The maximum atomic E-state index is 4.40. The zero-order valence-electron chi connectivity index (χ0n) is 13.4. The van der Waals surface area contributed by atoms with Crippen molar-refractivity contribution in [1.29, 1.82) is 0 Å². The topological polar surface area (TPSA) is 65.4 Å². The lowest BCUT2D eigenvalue weighted by molar-refractivity contribution is 0.800. The predicted octanol–water partition coefficient (Wildman–Crippen LogP) is 1.78. The van der Waals surface area contributed by atoms with Crippen molar-refractivity contribution in [2.24, 2.45) is 4.99 Å². The zero-order valence-corrected chi connectivity index (χ0v) is 14.2. The Balaban J connectivity index is 1.91. The van der Waals surface area contributed by atoms with Crippen LogP contribution in [0.2, 0.25) is 0 Å². The predicted molar refractivity (Wildman–Crippen MR) is 92.5 cm³/mol. The second-order valence-electron chi connectivity index (χ2n) is 5.02. The van der Waals surface area contributed by atoms with Crippen molar-refractivity contribution in [3.8, 4) is 0 Å². The van der Waals surface area contributed by atoms with E-state index >= 15 is 0 Å². The lowest BCUT2D eigenvalue weighted by Crippen LogP contribution is -2.36. The lowest BCUT2D eigenvalue weighted by Gasteiger charge is -2.17. The Morgan fingerprint density at radius 1 is 1.27 bits per heavy atom. The van der Waals surface area contributed by atoms with Crippen molar-refractivity contribution in [3.05, 3.63) is 40.0 Å². The van der Waals surface area contributed by atoms with Gasteiger partial charge in [-0.2, -0.15) is 0 Å². The number of nitrogens with zero attached hydrogens (tertiary/aromatic N) is 4. The summed E-state index contributed by atoms with van der Waals surface area (Å²) in [6.45, 7) is 3.39. The van der Waals surface area contributed by atoms with Crippen molar-refractivity contribution in [2.45, 2.75) is 20.0 Å². The minimum Gasteiger partial charge on any atom is -0.362 e. The number of thiazole rings is 1. The second-order valence-corrected chi connectivity index (χ2v) is 6.34. The van der Waals surface area contributed by atoms with Crippen LogP contribution in [-0.2, 0) is 13.1 Å². The fraction of sp³-hybridized carbons (Fsp3) is 0.400. The Kier molecular flexibility index (Phi) is 5.71. The van der Waals surface area contributed by atoms with E-state index in [-0.39, 0.29) is 0 Å². The first-order valence-electron chi connectivity index (χ1n) is 7.07. The van der Waals surface area contributed by atoms with Crippen LogP contribution < -0.4 is 15.5 Å². The zero-order chi connectivity index (χ0) is 15.9. The smallest absolute Gasteiger partial charge is 0.191 e. The summed E-state index contributed by atoms with van der Waals surface area (Å²) in [5.74, 6) is 1.71. The van der Waals surface area contributed by atoms with E-state index in [0.717, 1.165) is 22.3 Å². The average molecular weight is 318 g/mol. The molecule has 0 fully saturated rings. The maximum Gasteiger partial charge on any atom is 0.191 e. The molecule has 22 heavy (non-hydrogen) atoms. The summed E-state index contributed by atoms with van der Waals surface area (Å²) in [6, 6.07) is 4.01. The third-order valence-electron chi connectivity index (χ3n) is 3.04. The van der Waals surface area contributed by atoms with Gasteiger partial charge in [-0.1, -0.05) is 6.07 Å². The Labute approximate surface area is 135 Å². The molecule has 0 aliphatic rings. The summed E-state index contributed by atoms with van der Waals surface area (Å²) in [4.78, 5) is 16.2. The van der Waals surface area contributed by atoms with Crippen LogP contribution in [0.3, 0.4) is 0 Å². The fourth-order valence-corrected chi connectivity index (χ4v) is 2.74. The third-order valence-corrected chi connectivity index (χ3v) is 3.95. The van der Waals surface area contributed by atoms with Gasteiger partial charge in [0.25, 0.3) is 0 Å². The van der Waals surface area contributed by atoms with Crippen molar-refractivity contribution in [2.75, 3.05) is 26.0 Å². The molecule has 0 amide bonds. The Hall–Kier alpha value is -2.15. The molecule has 118 valence electrons. The molecule has 0 spiro atoms. The Bertz CT molecular complexity index is 634. The van der Waals surface area contributed by atoms with Gasteiger partial charge in [-0.15, -0.1) is 11.3 Å². The number of nitrogens with one attached hydrogen (secondary N) is 2. The van der Waals surface area contributed by atoms with E-state index in [4.69, 9.17) is 0 Å². The van der Waals surface area contributed by atoms with E-state index in [9.17, 15) is 0 Å². The molecule has 0 aliphatic heterocycles. The molecule has 0 atom stereocenters. The SMILES string of the molecule is CN=C(NCc1ncc(C)s1)NCc1cccnc1N(C)C. The number of aryl methyl sites for hydroxylation is 1. The van der Waals surface area contributed by atoms with E-state index < -0.39 is 0 Å². The quantitative estimate of drug-likeness (QED) is 0.650. The first-order valence-corrected chi connectivity index (χ1v) is 7.89. The number of rotatable bonds is 5. The number of anilines is 1. The van der Waals surface area contributed by atoms with Crippen molar-refractivity contribution in [1.82, 2.24) is 20.6 Å². The van der Waals surface area contributed by atoms with E-state index in [1.165, 1.54) is 4.88 Å². The van der Waals surface area contributed by atoms with E-state index in [2.05, 4.69) is 38.6 Å². The molecule has 2 N–H and O–H groups in total. The summed E-state index contributed by atoms with van der Waals surface area (Å²) in [5, 5.41) is 7.63. The van der Waals surface area contributed by atoms with Crippen LogP contribution in [0, 0.1) is 6.92 Å².